The summed E-state index contributed by atoms with van der Waals surface area (Å²) in [7, 11) is 0. The van der Waals surface area contributed by atoms with Gasteiger partial charge in [0.15, 0.2) is 5.16 Å². The zero-order valence-corrected chi connectivity index (χ0v) is 19.5. The Kier molecular flexibility index (Phi) is 5.52. The maximum Gasteiger partial charge on any atom is 0.266 e. The molecule has 0 aliphatic rings. The monoisotopic (exact) mass is 474 g/mol. The summed E-state index contributed by atoms with van der Waals surface area (Å²) in [6.07, 6.45) is 0. The Balaban J connectivity index is 1.63. The number of halogens is 1. The number of nitrogens with zero attached hydrogens (tertiary/aromatic N) is 3. The second kappa shape index (κ2) is 8.50. The van der Waals surface area contributed by atoms with E-state index in [0.29, 0.717) is 43.6 Å². The largest absolute Gasteiger partial charge is 0.309 e. The minimum atomic E-state index is -0.231. The molecule has 6 nitrogen and oxygen atoms in total. The molecule has 0 saturated heterocycles. The number of benzene rings is 3. The van der Waals surface area contributed by atoms with Crippen LogP contribution in [-0.2, 0) is 5.75 Å². The molecule has 2 aromatic heterocycles. The molecule has 3 aromatic carbocycles. The number of H-pyrrole nitrogens is 1. The first-order chi connectivity index (χ1) is 15.9. The van der Waals surface area contributed by atoms with Crippen LogP contribution in [0.25, 0.3) is 27.5 Å². The lowest BCUT2D eigenvalue weighted by molar-refractivity contribution is 0.816. The third kappa shape index (κ3) is 4.17. The first-order valence-electron chi connectivity index (χ1n) is 10.3. The average molecular weight is 475 g/mol. The van der Waals surface area contributed by atoms with E-state index in [1.165, 1.54) is 11.8 Å². The molecule has 0 fully saturated rings. The fourth-order valence-electron chi connectivity index (χ4n) is 3.88. The quantitative estimate of drug-likeness (QED) is 0.286. The van der Waals surface area contributed by atoms with E-state index in [4.69, 9.17) is 16.6 Å². The predicted octanol–water partition coefficient (Wildman–Crippen LogP) is 5.18. The van der Waals surface area contributed by atoms with Crippen molar-refractivity contribution >= 4 is 45.2 Å². The number of thioether (sulfide) groups is 1. The van der Waals surface area contributed by atoms with Gasteiger partial charge in [-0.2, -0.15) is 0 Å². The molecule has 0 unspecified atom stereocenters. The maximum atomic E-state index is 13.5. The van der Waals surface area contributed by atoms with Crippen LogP contribution in [0.15, 0.2) is 75.4 Å². The third-order valence-electron chi connectivity index (χ3n) is 5.27. The molecule has 5 rings (SSSR count). The fraction of sp³-hybridized carbons (Fsp3) is 0.120. The van der Waals surface area contributed by atoms with E-state index >= 15 is 0 Å². The second-order valence-corrected chi connectivity index (χ2v) is 9.24. The number of fused-ring (bicyclic) bond motifs is 2. The van der Waals surface area contributed by atoms with Crippen LogP contribution < -0.4 is 11.1 Å². The van der Waals surface area contributed by atoms with Crippen LogP contribution in [-0.4, -0.2) is 19.5 Å². The van der Waals surface area contributed by atoms with Crippen LogP contribution in [0.4, 0.5) is 0 Å². The Bertz CT molecular complexity index is 1640. The van der Waals surface area contributed by atoms with E-state index in [9.17, 15) is 9.59 Å². The number of hydrogen-bond donors (Lipinski definition) is 1. The number of aryl methyl sites for hydroxylation is 2. The summed E-state index contributed by atoms with van der Waals surface area (Å²) in [6, 6.07) is 18.3. The first kappa shape index (κ1) is 21.4. The van der Waals surface area contributed by atoms with Crippen LogP contribution in [0.3, 0.4) is 0 Å². The molecule has 164 valence electrons. The van der Waals surface area contributed by atoms with Crippen molar-refractivity contribution in [3.63, 3.8) is 0 Å². The lowest BCUT2D eigenvalue weighted by Gasteiger charge is -2.14. The lowest BCUT2D eigenvalue weighted by Crippen LogP contribution is -2.22. The summed E-state index contributed by atoms with van der Waals surface area (Å²) in [6.45, 7) is 4.00. The van der Waals surface area contributed by atoms with E-state index in [1.54, 1.807) is 28.8 Å². The number of para-hydroxylation sites is 1. The van der Waals surface area contributed by atoms with Gasteiger partial charge in [-0.3, -0.25) is 14.2 Å². The molecular weight excluding hydrogens is 456 g/mol. The van der Waals surface area contributed by atoms with Gasteiger partial charge in [0.2, 0.25) is 0 Å². The summed E-state index contributed by atoms with van der Waals surface area (Å²) in [5.41, 5.74) is 3.64. The highest BCUT2D eigenvalue weighted by atomic mass is 35.5. The normalized spacial score (nSPS) is 11.4. The zero-order valence-electron chi connectivity index (χ0n) is 17.9. The number of rotatable bonds is 4. The molecule has 2 heterocycles. The van der Waals surface area contributed by atoms with Gasteiger partial charge in [0, 0.05) is 5.02 Å². The van der Waals surface area contributed by atoms with Crippen LogP contribution >= 0.6 is 23.4 Å². The van der Waals surface area contributed by atoms with Crippen molar-refractivity contribution < 1.29 is 0 Å². The van der Waals surface area contributed by atoms with Gasteiger partial charge < -0.3 is 4.98 Å². The minimum Gasteiger partial charge on any atom is -0.309 e. The SMILES string of the molecule is Cc1cc(C)cc(-n2c(SCc3nc4cc(Cl)ccc4c(=O)[nH]3)nc3ccccc3c2=O)c1. The van der Waals surface area contributed by atoms with Crippen molar-refractivity contribution in [2.24, 2.45) is 0 Å². The Morgan fingerprint density at radius 2 is 1.67 bits per heavy atom. The topological polar surface area (TPSA) is 80.6 Å². The van der Waals surface area contributed by atoms with Crippen molar-refractivity contribution in [2.45, 2.75) is 24.8 Å². The molecule has 33 heavy (non-hydrogen) atoms. The molecule has 0 bridgehead atoms. The van der Waals surface area contributed by atoms with Gasteiger partial charge in [-0.1, -0.05) is 41.6 Å². The van der Waals surface area contributed by atoms with Gasteiger partial charge in [0.25, 0.3) is 11.1 Å². The van der Waals surface area contributed by atoms with Crippen molar-refractivity contribution in [1.82, 2.24) is 19.5 Å². The summed E-state index contributed by atoms with van der Waals surface area (Å²) >= 11 is 7.42. The first-order valence-corrected chi connectivity index (χ1v) is 11.7. The fourth-order valence-corrected chi connectivity index (χ4v) is 4.93. The Hall–Kier alpha value is -3.42. The van der Waals surface area contributed by atoms with Crippen molar-refractivity contribution in [1.29, 1.82) is 0 Å². The molecule has 0 amide bonds. The van der Waals surface area contributed by atoms with Gasteiger partial charge in [-0.05, 0) is 67.4 Å². The summed E-state index contributed by atoms with van der Waals surface area (Å²) < 4.78 is 1.63. The van der Waals surface area contributed by atoms with Crippen LogP contribution in [0.2, 0.25) is 5.02 Å². The summed E-state index contributed by atoms with van der Waals surface area (Å²) in [4.78, 5) is 38.1. The molecule has 0 spiro atoms. The van der Waals surface area contributed by atoms with E-state index in [2.05, 4.69) is 16.0 Å². The molecule has 0 aliphatic heterocycles. The highest BCUT2D eigenvalue weighted by Gasteiger charge is 2.15. The van der Waals surface area contributed by atoms with E-state index in [-0.39, 0.29) is 11.1 Å². The van der Waals surface area contributed by atoms with Gasteiger partial charge in [-0.25, -0.2) is 9.97 Å². The van der Waals surface area contributed by atoms with Crippen molar-refractivity contribution in [2.75, 3.05) is 0 Å². The summed E-state index contributed by atoms with van der Waals surface area (Å²) in [5, 5.41) is 2.06. The maximum absolute atomic E-state index is 13.5. The molecular formula is C25H19ClN4O2S. The molecule has 0 radical (unpaired) electrons. The molecule has 0 atom stereocenters. The molecule has 5 aromatic rings. The highest BCUT2D eigenvalue weighted by molar-refractivity contribution is 7.98. The van der Waals surface area contributed by atoms with Crippen LogP contribution in [0.1, 0.15) is 17.0 Å². The lowest BCUT2D eigenvalue weighted by atomic mass is 10.1. The molecule has 0 aliphatic carbocycles. The Morgan fingerprint density at radius 1 is 0.909 bits per heavy atom. The van der Waals surface area contributed by atoms with Gasteiger partial charge in [0.05, 0.1) is 33.2 Å². The molecule has 0 saturated carbocycles. The molecule has 1 N–H and O–H groups in total. The molecule has 8 heteroatoms. The predicted molar refractivity (Wildman–Crippen MR) is 134 cm³/mol. The number of hydrogen-bond acceptors (Lipinski definition) is 5. The van der Waals surface area contributed by atoms with E-state index < -0.39 is 0 Å². The standard InChI is InChI=1S/C25H19ClN4O2S/c1-14-9-15(2)11-17(10-14)30-24(32)19-5-3-4-6-20(19)28-25(30)33-13-22-27-21-12-16(26)7-8-18(21)23(31)29-22/h3-12H,13H2,1-2H3,(H,27,29,31). The number of aromatic amines is 1. The van der Waals surface area contributed by atoms with E-state index in [0.717, 1.165) is 16.8 Å². The third-order valence-corrected chi connectivity index (χ3v) is 6.45. The van der Waals surface area contributed by atoms with Crippen molar-refractivity contribution in [3.8, 4) is 5.69 Å². The number of nitrogens with one attached hydrogen (secondary N) is 1. The van der Waals surface area contributed by atoms with Gasteiger partial charge in [-0.15, -0.1) is 0 Å². The zero-order chi connectivity index (χ0) is 23.1. The highest BCUT2D eigenvalue weighted by Crippen LogP contribution is 2.25. The Morgan fingerprint density at radius 3 is 2.45 bits per heavy atom. The number of aromatic nitrogens is 4. The van der Waals surface area contributed by atoms with Gasteiger partial charge >= 0.3 is 0 Å². The average Bonchev–Trinajstić information content (AvgIpc) is 2.77. The second-order valence-electron chi connectivity index (χ2n) is 7.86. The van der Waals surface area contributed by atoms with Crippen molar-refractivity contribution in [3.05, 3.63) is 103 Å². The Labute approximate surface area is 198 Å². The van der Waals surface area contributed by atoms with Crippen LogP contribution in [0, 0.1) is 13.8 Å². The summed E-state index contributed by atoms with van der Waals surface area (Å²) in [5.74, 6) is 0.807. The smallest absolute Gasteiger partial charge is 0.266 e. The van der Waals surface area contributed by atoms with Gasteiger partial charge in [0.1, 0.15) is 5.82 Å². The van der Waals surface area contributed by atoms with E-state index in [1.807, 2.05) is 44.2 Å². The van der Waals surface area contributed by atoms with Crippen LogP contribution in [0.5, 0.6) is 0 Å². The minimum absolute atomic E-state index is 0.139.